The highest BCUT2D eigenvalue weighted by Crippen LogP contribution is 2.31. The molecule has 1 saturated heterocycles. The second-order valence-corrected chi connectivity index (χ2v) is 6.19. The molecule has 1 fully saturated rings. The van der Waals surface area contributed by atoms with Crippen LogP contribution in [-0.2, 0) is 0 Å². The summed E-state index contributed by atoms with van der Waals surface area (Å²) < 4.78 is 0. The molecule has 1 atom stereocenters. The van der Waals surface area contributed by atoms with Gasteiger partial charge in [-0.15, -0.1) is 0 Å². The zero-order chi connectivity index (χ0) is 13.2. The second kappa shape index (κ2) is 5.37. The molecule has 0 bridgehead atoms. The van der Waals surface area contributed by atoms with E-state index in [0.29, 0.717) is 5.92 Å². The van der Waals surface area contributed by atoms with E-state index in [1.54, 1.807) is 6.20 Å². The van der Waals surface area contributed by atoms with Crippen molar-refractivity contribution in [1.29, 1.82) is 0 Å². The summed E-state index contributed by atoms with van der Waals surface area (Å²) in [5.41, 5.74) is 1.05. The van der Waals surface area contributed by atoms with Crippen LogP contribution in [0.15, 0.2) is 24.4 Å². The molecular formula is C15H24N2O. The minimum absolute atomic E-state index is 0.237. The molecule has 1 aromatic rings. The molecular weight excluding hydrogens is 224 g/mol. The molecule has 0 spiro atoms. The van der Waals surface area contributed by atoms with Gasteiger partial charge in [0.15, 0.2) is 0 Å². The molecule has 0 amide bonds. The molecule has 2 rings (SSSR count). The van der Waals surface area contributed by atoms with Crippen molar-refractivity contribution in [3.8, 4) is 0 Å². The van der Waals surface area contributed by atoms with Crippen LogP contribution in [-0.4, -0.2) is 33.6 Å². The number of hydrogen-bond donors (Lipinski definition) is 1. The molecule has 1 aliphatic heterocycles. The molecule has 0 aromatic carbocycles. The first kappa shape index (κ1) is 13.5. The molecule has 1 aliphatic rings. The average Bonchev–Trinajstić information content (AvgIpc) is 2.38. The van der Waals surface area contributed by atoms with E-state index in [1.165, 1.54) is 0 Å². The van der Waals surface area contributed by atoms with Crippen molar-refractivity contribution in [2.24, 2.45) is 5.92 Å². The van der Waals surface area contributed by atoms with Crippen LogP contribution in [0.4, 0.5) is 0 Å². The van der Waals surface area contributed by atoms with Gasteiger partial charge in [0.2, 0.25) is 0 Å². The van der Waals surface area contributed by atoms with E-state index < -0.39 is 6.10 Å². The van der Waals surface area contributed by atoms with Crippen LogP contribution in [0.5, 0.6) is 0 Å². The largest absolute Gasteiger partial charge is 0.387 e. The zero-order valence-corrected chi connectivity index (χ0v) is 11.6. The number of aliphatic hydroxyl groups is 1. The van der Waals surface area contributed by atoms with Gasteiger partial charge in [0.1, 0.15) is 0 Å². The Bertz CT molecular complexity index is 364. The minimum atomic E-state index is -0.409. The SMILES string of the molecule is CC(C)(C)N1CCC(C(O)c2ccccn2)CC1. The molecule has 18 heavy (non-hydrogen) atoms. The fraction of sp³-hybridized carbons (Fsp3) is 0.667. The summed E-state index contributed by atoms with van der Waals surface area (Å²) >= 11 is 0. The number of nitrogens with zero attached hydrogens (tertiary/aromatic N) is 2. The lowest BCUT2D eigenvalue weighted by Gasteiger charge is -2.41. The zero-order valence-electron chi connectivity index (χ0n) is 11.6. The molecule has 0 radical (unpaired) electrons. The summed E-state index contributed by atoms with van der Waals surface area (Å²) in [4.78, 5) is 6.75. The Morgan fingerprint density at radius 1 is 1.28 bits per heavy atom. The first-order chi connectivity index (χ1) is 8.48. The number of likely N-dealkylation sites (tertiary alicyclic amines) is 1. The van der Waals surface area contributed by atoms with Crippen molar-refractivity contribution in [1.82, 2.24) is 9.88 Å². The van der Waals surface area contributed by atoms with Gasteiger partial charge in [0.05, 0.1) is 11.8 Å². The maximum Gasteiger partial charge on any atom is 0.0988 e. The third-order valence-electron chi connectivity index (χ3n) is 3.93. The topological polar surface area (TPSA) is 36.4 Å². The summed E-state index contributed by atoms with van der Waals surface area (Å²) in [6.45, 7) is 8.89. The summed E-state index contributed by atoms with van der Waals surface area (Å²) in [5, 5.41) is 10.4. The van der Waals surface area contributed by atoms with Gasteiger partial charge in [0.25, 0.3) is 0 Å². The molecule has 3 heteroatoms. The highest BCUT2D eigenvalue weighted by molar-refractivity contribution is 5.08. The van der Waals surface area contributed by atoms with Crippen molar-refractivity contribution in [2.75, 3.05) is 13.1 Å². The Morgan fingerprint density at radius 3 is 2.44 bits per heavy atom. The van der Waals surface area contributed by atoms with E-state index in [4.69, 9.17) is 0 Å². The fourth-order valence-electron chi connectivity index (χ4n) is 2.68. The van der Waals surface area contributed by atoms with E-state index in [1.807, 2.05) is 18.2 Å². The molecule has 1 aromatic heterocycles. The average molecular weight is 248 g/mol. The van der Waals surface area contributed by atoms with E-state index >= 15 is 0 Å². The van der Waals surface area contributed by atoms with Gasteiger partial charge >= 0.3 is 0 Å². The second-order valence-electron chi connectivity index (χ2n) is 6.19. The molecule has 100 valence electrons. The Kier molecular flexibility index (Phi) is 4.03. The Morgan fingerprint density at radius 2 is 1.94 bits per heavy atom. The van der Waals surface area contributed by atoms with Crippen LogP contribution in [0.25, 0.3) is 0 Å². The van der Waals surface area contributed by atoms with Gasteiger partial charge in [-0.05, 0) is 64.8 Å². The van der Waals surface area contributed by atoms with Crippen molar-refractivity contribution in [3.05, 3.63) is 30.1 Å². The van der Waals surface area contributed by atoms with Gasteiger partial charge < -0.3 is 5.11 Å². The van der Waals surface area contributed by atoms with E-state index in [2.05, 4.69) is 30.7 Å². The highest BCUT2D eigenvalue weighted by Gasteiger charge is 2.30. The Hall–Kier alpha value is -0.930. The first-order valence-corrected chi connectivity index (χ1v) is 6.82. The molecule has 2 heterocycles. The number of hydrogen-bond acceptors (Lipinski definition) is 3. The summed E-state index contributed by atoms with van der Waals surface area (Å²) in [6, 6.07) is 5.75. The van der Waals surface area contributed by atoms with Crippen molar-refractivity contribution < 1.29 is 5.11 Å². The van der Waals surface area contributed by atoms with Crippen LogP contribution < -0.4 is 0 Å². The molecule has 3 nitrogen and oxygen atoms in total. The number of aliphatic hydroxyl groups excluding tert-OH is 1. The van der Waals surface area contributed by atoms with Gasteiger partial charge in [-0.3, -0.25) is 9.88 Å². The van der Waals surface area contributed by atoms with Crippen LogP contribution >= 0.6 is 0 Å². The smallest absolute Gasteiger partial charge is 0.0988 e. The summed E-state index contributed by atoms with van der Waals surface area (Å²) in [7, 11) is 0. The standard InChI is InChI=1S/C15H24N2O/c1-15(2,3)17-10-7-12(8-11-17)14(18)13-6-4-5-9-16-13/h4-6,9,12,14,18H,7-8,10-11H2,1-3H3. The maximum absolute atomic E-state index is 10.4. The minimum Gasteiger partial charge on any atom is -0.387 e. The van der Waals surface area contributed by atoms with Crippen LogP contribution in [0, 0.1) is 5.92 Å². The summed E-state index contributed by atoms with van der Waals surface area (Å²) in [6.07, 6.45) is 3.45. The summed E-state index contributed by atoms with van der Waals surface area (Å²) in [5.74, 6) is 0.346. The number of piperidine rings is 1. The van der Waals surface area contributed by atoms with Crippen LogP contribution in [0.2, 0.25) is 0 Å². The first-order valence-electron chi connectivity index (χ1n) is 6.82. The van der Waals surface area contributed by atoms with E-state index in [0.717, 1.165) is 31.6 Å². The Labute approximate surface area is 110 Å². The maximum atomic E-state index is 10.4. The molecule has 1 N–H and O–H groups in total. The van der Waals surface area contributed by atoms with Crippen molar-refractivity contribution in [3.63, 3.8) is 0 Å². The lowest BCUT2D eigenvalue weighted by atomic mass is 9.87. The number of aromatic nitrogens is 1. The van der Waals surface area contributed by atoms with E-state index in [-0.39, 0.29) is 5.54 Å². The number of pyridine rings is 1. The van der Waals surface area contributed by atoms with Gasteiger partial charge in [0, 0.05) is 11.7 Å². The predicted octanol–water partition coefficient (Wildman–Crippen LogP) is 2.63. The normalized spacial score (nSPS) is 20.9. The third kappa shape index (κ3) is 3.09. The predicted molar refractivity (Wildman–Crippen MR) is 73.2 cm³/mol. The van der Waals surface area contributed by atoms with E-state index in [9.17, 15) is 5.11 Å². The third-order valence-corrected chi connectivity index (χ3v) is 3.93. The quantitative estimate of drug-likeness (QED) is 0.874. The molecule has 1 unspecified atom stereocenters. The van der Waals surface area contributed by atoms with Crippen molar-refractivity contribution in [2.45, 2.75) is 45.3 Å². The fourth-order valence-corrected chi connectivity index (χ4v) is 2.68. The van der Waals surface area contributed by atoms with Crippen LogP contribution in [0.3, 0.4) is 0 Å². The molecule has 0 saturated carbocycles. The highest BCUT2D eigenvalue weighted by atomic mass is 16.3. The molecule has 0 aliphatic carbocycles. The van der Waals surface area contributed by atoms with Crippen molar-refractivity contribution >= 4 is 0 Å². The lowest BCUT2D eigenvalue weighted by Crippen LogP contribution is -2.46. The monoisotopic (exact) mass is 248 g/mol. The van der Waals surface area contributed by atoms with Gasteiger partial charge in [-0.1, -0.05) is 6.07 Å². The lowest BCUT2D eigenvalue weighted by molar-refractivity contribution is 0.0260. The van der Waals surface area contributed by atoms with Gasteiger partial charge in [-0.2, -0.15) is 0 Å². The number of rotatable bonds is 2. The van der Waals surface area contributed by atoms with Crippen LogP contribution in [0.1, 0.15) is 45.4 Å². The Balaban J connectivity index is 1.94. The van der Waals surface area contributed by atoms with Gasteiger partial charge in [-0.25, -0.2) is 0 Å².